The molecule has 1 fully saturated rings. The van der Waals surface area contributed by atoms with Crippen molar-refractivity contribution in [1.29, 1.82) is 0 Å². The largest absolute Gasteiger partial charge is 0.496 e. The summed E-state index contributed by atoms with van der Waals surface area (Å²) in [7, 11) is 1.65. The lowest BCUT2D eigenvalue weighted by Gasteiger charge is -2.23. The quantitative estimate of drug-likeness (QED) is 0.889. The molecule has 0 unspecified atom stereocenters. The van der Waals surface area contributed by atoms with E-state index in [2.05, 4.69) is 5.32 Å². The van der Waals surface area contributed by atoms with Crippen LogP contribution in [0.4, 0.5) is 4.79 Å². The Bertz CT molecular complexity index is 589. The van der Waals surface area contributed by atoms with Gasteiger partial charge in [-0.05, 0) is 38.3 Å². The topological polar surface area (TPSA) is 61.9 Å². The van der Waals surface area contributed by atoms with Crippen molar-refractivity contribution in [2.24, 2.45) is 0 Å². The van der Waals surface area contributed by atoms with Gasteiger partial charge in [-0.25, -0.2) is 4.79 Å². The number of hydrogen-bond donors (Lipinski definition) is 1. The monoisotopic (exact) mass is 347 g/mol. The molecule has 3 amide bonds. The molecule has 1 saturated heterocycles. The van der Waals surface area contributed by atoms with Gasteiger partial charge in [0, 0.05) is 38.6 Å². The van der Waals surface area contributed by atoms with Crippen molar-refractivity contribution in [3.05, 3.63) is 29.8 Å². The van der Waals surface area contributed by atoms with Gasteiger partial charge in [-0.3, -0.25) is 4.79 Å². The molecule has 6 heteroatoms. The number of nitrogens with one attached hydrogen (secondary N) is 1. The molecule has 1 aliphatic rings. The van der Waals surface area contributed by atoms with Crippen molar-refractivity contribution < 1.29 is 14.3 Å². The van der Waals surface area contributed by atoms with Crippen molar-refractivity contribution in [1.82, 2.24) is 15.1 Å². The fraction of sp³-hybridized carbons (Fsp3) is 0.579. The first kappa shape index (κ1) is 19.1. The summed E-state index contributed by atoms with van der Waals surface area (Å²) in [6.45, 7) is 6.47. The number of methoxy groups -OCH3 is 1. The van der Waals surface area contributed by atoms with Crippen molar-refractivity contribution in [3.8, 4) is 5.75 Å². The van der Waals surface area contributed by atoms with E-state index in [0.717, 1.165) is 17.7 Å². The number of carbonyl (C=O) groups excluding carboxylic acids is 2. The summed E-state index contributed by atoms with van der Waals surface area (Å²) in [4.78, 5) is 28.3. The first-order chi connectivity index (χ1) is 12.0. The van der Waals surface area contributed by atoms with Crippen LogP contribution in [0.25, 0.3) is 0 Å². The zero-order valence-corrected chi connectivity index (χ0v) is 15.5. The third kappa shape index (κ3) is 5.66. The summed E-state index contributed by atoms with van der Waals surface area (Å²) in [5, 5.41) is 2.91. The van der Waals surface area contributed by atoms with Gasteiger partial charge in [0.05, 0.1) is 7.11 Å². The molecule has 0 atom stereocenters. The Hall–Kier alpha value is -2.24. The maximum Gasteiger partial charge on any atom is 0.317 e. The summed E-state index contributed by atoms with van der Waals surface area (Å²) in [6, 6.07) is 7.87. The van der Waals surface area contributed by atoms with E-state index in [-0.39, 0.29) is 18.0 Å². The molecule has 0 saturated carbocycles. The predicted octanol–water partition coefficient (Wildman–Crippen LogP) is 2.28. The van der Waals surface area contributed by atoms with Crippen LogP contribution in [-0.2, 0) is 11.2 Å². The number of hydrogen-bond acceptors (Lipinski definition) is 3. The van der Waals surface area contributed by atoms with Crippen LogP contribution in [0.3, 0.4) is 0 Å². The Labute approximate surface area is 150 Å². The van der Waals surface area contributed by atoms with Gasteiger partial charge in [-0.1, -0.05) is 18.2 Å². The molecule has 1 aliphatic heterocycles. The SMILES string of the molecule is COc1ccccc1CCC(=O)N1CCCN(C(=O)NC(C)C)CC1. The van der Waals surface area contributed by atoms with Gasteiger partial charge < -0.3 is 19.9 Å². The predicted molar refractivity (Wildman–Crippen MR) is 97.8 cm³/mol. The van der Waals surface area contributed by atoms with Gasteiger partial charge in [-0.15, -0.1) is 0 Å². The van der Waals surface area contributed by atoms with Crippen LogP contribution < -0.4 is 10.1 Å². The molecule has 1 N–H and O–H groups in total. The lowest BCUT2D eigenvalue weighted by Crippen LogP contribution is -2.44. The van der Waals surface area contributed by atoms with E-state index in [1.54, 1.807) is 12.0 Å². The Morgan fingerprint density at radius 1 is 1.12 bits per heavy atom. The summed E-state index contributed by atoms with van der Waals surface area (Å²) in [6.07, 6.45) is 1.93. The van der Waals surface area contributed by atoms with E-state index < -0.39 is 0 Å². The van der Waals surface area contributed by atoms with Crippen molar-refractivity contribution >= 4 is 11.9 Å². The van der Waals surface area contributed by atoms with Crippen LogP contribution in [0.5, 0.6) is 5.75 Å². The molecular formula is C19H29N3O3. The number of aryl methyl sites for hydroxylation is 1. The Kier molecular flexibility index (Phi) is 7.10. The fourth-order valence-electron chi connectivity index (χ4n) is 3.02. The smallest absolute Gasteiger partial charge is 0.317 e. The highest BCUT2D eigenvalue weighted by atomic mass is 16.5. The van der Waals surface area contributed by atoms with Crippen LogP contribution >= 0.6 is 0 Å². The normalized spacial score (nSPS) is 15.0. The average Bonchev–Trinajstić information content (AvgIpc) is 2.85. The lowest BCUT2D eigenvalue weighted by atomic mass is 10.1. The molecule has 0 aromatic heterocycles. The Morgan fingerprint density at radius 2 is 1.80 bits per heavy atom. The maximum absolute atomic E-state index is 12.5. The second-order valence-corrected chi connectivity index (χ2v) is 6.64. The molecule has 0 bridgehead atoms. The minimum Gasteiger partial charge on any atom is -0.496 e. The standard InChI is InChI=1S/C19H29N3O3/c1-15(2)20-19(24)22-12-6-11-21(13-14-22)18(23)10-9-16-7-4-5-8-17(16)25-3/h4-5,7-8,15H,6,9-14H2,1-3H3,(H,20,24). The Balaban J connectivity index is 1.85. The second-order valence-electron chi connectivity index (χ2n) is 6.64. The van der Waals surface area contributed by atoms with E-state index in [0.29, 0.717) is 39.0 Å². The first-order valence-electron chi connectivity index (χ1n) is 8.96. The highest BCUT2D eigenvalue weighted by molar-refractivity contribution is 5.77. The fourth-order valence-corrected chi connectivity index (χ4v) is 3.02. The summed E-state index contributed by atoms with van der Waals surface area (Å²) in [5.74, 6) is 0.958. The highest BCUT2D eigenvalue weighted by Crippen LogP contribution is 2.19. The third-order valence-corrected chi connectivity index (χ3v) is 4.35. The number of benzene rings is 1. The summed E-state index contributed by atoms with van der Waals surface area (Å²) >= 11 is 0. The van der Waals surface area contributed by atoms with E-state index in [4.69, 9.17) is 4.74 Å². The third-order valence-electron chi connectivity index (χ3n) is 4.35. The van der Waals surface area contributed by atoms with Gasteiger partial charge in [0.2, 0.25) is 5.91 Å². The van der Waals surface area contributed by atoms with Gasteiger partial charge >= 0.3 is 6.03 Å². The van der Waals surface area contributed by atoms with Crippen molar-refractivity contribution in [3.63, 3.8) is 0 Å². The van der Waals surface area contributed by atoms with Crippen LogP contribution in [0, 0.1) is 0 Å². The number of nitrogens with zero attached hydrogens (tertiary/aromatic N) is 2. The minimum atomic E-state index is -0.0432. The number of rotatable bonds is 5. The summed E-state index contributed by atoms with van der Waals surface area (Å²) in [5.41, 5.74) is 1.05. The lowest BCUT2D eigenvalue weighted by molar-refractivity contribution is -0.131. The molecule has 1 aromatic carbocycles. The zero-order valence-electron chi connectivity index (χ0n) is 15.5. The number of ether oxygens (including phenoxy) is 1. The van der Waals surface area contributed by atoms with E-state index >= 15 is 0 Å². The zero-order chi connectivity index (χ0) is 18.2. The molecule has 0 radical (unpaired) electrons. The molecule has 6 nitrogen and oxygen atoms in total. The van der Waals surface area contributed by atoms with E-state index in [1.807, 2.05) is 43.0 Å². The minimum absolute atomic E-state index is 0.0432. The molecule has 1 aromatic rings. The van der Waals surface area contributed by atoms with Crippen molar-refractivity contribution in [2.45, 2.75) is 39.2 Å². The molecule has 25 heavy (non-hydrogen) atoms. The van der Waals surface area contributed by atoms with Crippen molar-refractivity contribution in [2.75, 3.05) is 33.3 Å². The van der Waals surface area contributed by atoms with Gasteiger partial charge in [0.1, 0.15) is 5.75 Å². The Morgan fingerprint density at radius 3 is 2.52 bits per heavy atom. The maximum atomic E-state index is 12.5. The number of carbonyl (C=O) groups is 2. The molecule has 0 aliphatic carbocycles. The number of amides is 3. The van der Waals surface area contributed by atoms with Crippen LogP contribution in [-0.4, -0.2) is 61.1 Å². The molecule has 138 valence electrons. The van der Waals surface area contributed by atoms with Gasteiger partial charge in [0.15, 0.2) is 0 Å². The van der Waals surface area contributed by atoms with Gasteiger partial charge in [0.25, 0.3) is 0 Å². The van der Waals surface area contributed by atoms with E-state index in [1.165, 1.54) is 0 Å². The van der Waals surface area contributed by atoms with Crippen LogP contribution in [0.2, 0.25) is 0 Å². The second kappa shape index (κ2) is 9.30. The molecule has 0 spiro atoms. The van der Waals surface area contributed by atoms with Crippen LogP contribution in [0.15, 0.2) is 24.3 Å². The molecule has 2 rings (SSSR count). The average molecular weight is 347 g/mol. The van der Waals surface area contributed by atoms with Gasteiger partial charge in [-0.2, -0.15) is 0 Å². The van der Waals surface area contributed by atoms with E-state index in [9.17, 15) is 9.59 Å². The highest BCUT2D eigenvalue weighted by Gasteiger charge is 2.22. The summed E-state index contributed by atoms with van der Waals surface area (Å²) < 4.78 is 5.34. The molecule has 1 heterocycles. The van der Waals surface area contributed by atoms with Crippen LogP contribution in [0.1, 0.15) is 32.3 Å². The molecular weight excluding hydrogens is 318 g/mol. The first-order valence-corrected chi connectivity index (χ1v) is 8.96. The number of urea groups is 1. The number of para-hydroxylation sites is 1.